The van der Waals surface area contributed by atoms with E-state index in [9.17, 15) is 9.59 Å². The van der Waals surface area contributed by atoms with Crippen LogP contribution in [0.2, 0.25) is 0 Å². The van der Waals surface area contributed by atoms with E-state index in [2.05, 4.69) is 17.6 Å². The van der Waals surface area contributed by atoms with Crippen molar-refractivity contribution >= 4 is 11.9 Å². The molecule has 0 saturated carbocycles. The van der Waals surface area contributed by atoms with E-state index in [1.165, 1.54) is 0 Å². The number of likely N-dealkylation sites (N-methyl/N-ethyl adjacent to an activating group) is 1. The second kappa shape index (κ2) is 6.35. The summed E-state index contributed by atoms with van der Waals surface area (Å²) in [5.74, 6) is -0.0665. The topological polar surface area (TPSA) is 61.4 Å². The van der Waals surface area contributed by atoms with Crippen LogP contribution in [0.25, 0.3) is 0 Å². The minimum Gasteiger partial charge on any atom is -0.357 e. The third-order valence-electron chi connectivity index (χ3n) is 2.87. The Morgan fingerprint density at radius 2 is 2.19 bits per heavy atom. The Morgan fingerprint density at radius 1 is 1.44 bits per heavy atom. The van der Waals surface area contributed by atoms with Gasteiger partial charge in [-0.1, -0.05) is 13.3 Å². The van der Waals surface area contributed by atoms with Crippen molar-refractivity contribution in [2.45, 2.75) is 38.6 Å². The number of carbonyl (C=O) groups excluding carboxylic acids is 2. The molecule has 92 valence electrons. The molecule has 0 bridgehead atoms. The lowest BCUT2D eigenvalue weighted by Gasteiger charge is -2.23. The van der Waals surface area contributed by atoms with E-state index in [1.807, 2.05) is 0 Å². The van der Waals surface area contributed by atoms with Crippen molar-refractivity contribution in [3.63, 3.8) is 0 Å². The standard InChI is InChI=1S/C11H21N3O2/c1-3-4-7-13-11(16)14-8-5-6-9(14)10(15)12-2/h9H,3-8H2,1-2H3,(H,12,15)(H,13,16). The second-order valence-electron chi connectivity index (χ2n) is 4.05. The van der Waals surface area contributed by atoms with Crippen LogP contribution in [-0.2, 0) is 4.79 Å². The van der Waals surface area contributed by atoms with Gasteiger partial charge >= 0.3 is 6.03 Å². The molecule has 1 saturated heterocycles. The van der Waals surface area contributed by atoms with E-state index in [0.29, 0.717) is 13.1 Å². The Balaban J connectivity index is 2.44. The largest absolute Gasteiger partial charge is 0.357 e. The fourth-order valence-corrected chi connectivity index (χ4v) is 1.92. The lowest BCUT2D eigenvalue weighted by atomic mass is 10.2. The molecular formula is C11H21N3O2. The predicted octanol–water partition coefficient (Wildman–Crippen LogP) is 0.706. The summed E-state index contributed by atoms with van der Waals surface area (Å²) in [6.45, 7) is 3.44. The van der Waals surface area contributed by atoms with Crippen LogP contribution >= 0.6 is 0 Å². The number of unbranched alkanes of at least 4 members (excludes halogenated alkanes) is 1. The van der Waals surface area contributed by atoms with Crippen LogP contribution in [-0.4, -0.2) is 43.0 Å². The molecule has 2 N–H and O–H groups in total. The van der Waals surface area contributed by atoms with E-state index < -0.39 is 0 Å². The van der Waals surface area contributed by atoms with Gasteiger partial charge < -0.3 is 15.5 Å². The van der Waals surface area contributed by atoms with Gasteiger partial charge in [-0.05, 0) is 19.3 Å². The van der Waals surface area contributed by atoms with Crippen molar-refractivity contribution in [3.05, 3.63) is 0 Å². The van der Waals surface area contributed by atoms with Crippen molar-refractivity contribution in [2.75, 3.05) is 20.1 Å². The molecule has 0 aromatic heterocycles. The van der Waals surface area contributed by atoms with E-state index in [4.69, 9.17) is 0 Å². The molecular weight excluding hydrogens is 206 g/mol. The molecule has 0 radical (unpaired) electrons. The third-order valence-corrected chi connectivity index (χ3v) is 2.87. The first-order valence-corrected chi connectivity index (χ1v) is 5.96. The molecule has 0 aliphatic carbocycles. The summed E-state index contributed by atoms with van der Waals surface area (Å²) in [4.78, 5) is 24.9. The number of hydrogen-bond donors (Lipinski definition) is 2. The second-order valence-corrected chi connectivity index (χ2v) is 4.05. The number of carbonyl (C=O) groups is 2. The Kier molecular flexibility index (Phi) is 5.08. The summed E-state index contributed by atoms with van der Waals surface area (Å²) in [5.41, 5.74) is 0. The van der Waals surface area contributed by atoms with Gasteiger partial charge in [0.2, 0.25) is 5.91 Å². The zero-order valence-corrected chi connectivity index (χ0v) is 10.1. The SMILES string of the molecule is CCCCNC(=O)N1CCCC1C(=O)NC. The minimum atomic E-state index is -0.286. The number of amides is 3. The molecule has 5 nitrogen and oxygen atoms in total. The van der Waals surface area contributed by atoms with E-state index in [1.54, 1.807) is 11.9 Å². The molecule has 1 atom stereocenters. The predicted molar refractivity (Wildman–Crippen MR) is 62.1 cm³/mol. The van der Waals surface area contributed by atoms with Gasteiger partial charge in [0.05, 0.1) is 0 Å². The molecule has 3 amide bonds. The number of nitrogens with zero attached hydrogens (tertiary/aromatic N) is 1. The van der Waals surface area contributed by atoms with Crippen molar-refractivity contribution < 1.29 is 9.59 Å². The number of likely N-dealkylation sites (tertiary alicyclic amines) is 1. The normalized spacial score (nSPS) is 19.6. The molecule has 1 fully saturated rings. The van der Waals surface area contributed by atoms with E-state index >= 15 is 0 Å². The molecule has 0 spiro atoms. The molecule has 1 rings (SSSR count). The van der Waals surface area contributed by atoms with Gasteiger partial charge in [0.1, 0.15) is 6.04 Å². The zero-order valence-electron chi connectivity index (χ0n) is 10.1. The molecule has 0 aromatic carbocycles. The smallest absolute Gasteiger partial charge is 0.318 e. The van der Waals surface area contributed by atoms with Crippen LogP contribution in [0.3, 0.4) is 0 Å². The van der Waals surface area contributed by atoms with Crippen molar-refractivity contribution in [1.29, 1.82) is 0 Å². The van der Waals surface area contributed by atoms with Gasteiger partial charge in [-0.25, -0.2) is 4.79 Å². The average molecular weight is 227 g/mol. The highest BCUT2D eigenvalue weighted by Gasteiger charge is 2.33. The van der Waals surface area contributed by atoms with Crippen molar-refractivity contribution in [1.82, 2.24) is 15.5 Å². The highest BCUT2D eigenvalue weighted by atomic mass is 16.2. The maximum Gasteiger partial charge on any atom is 0.318 e. The van der Waals surface area contributed by atoms with Gasteiger partial charge in [0, 0.05) is 20.1 Å². The number of hydrogen-bond acceptors (Lipinski definition) is 2. The van der Waals surface area contributed by atoms with Gasteiger partial charge in [-0.15, -0.1) is 0 Å². The summed E-state index contributed by atoms with van der Waals surface area (Å²) in [6, 6.07) is -0.397. The summed E-state index contributed by atoms with van der Waals surface area (Å²) < 4.78 is 0. The fourth-order valence-electron chi connectivity index (χ4n) is 1.92. The van der Waals surface area contributed by atoms with Crippen LogP contribution in [0.1, 0.15) is 32.6 Å². The highest BCUT2D eigenvalue weighted by Crippen LogP contribution is 2.17. The Morgan fingerprint density at radius 3 is 2.81 bits per heavy atom. The Bertz CT molecular complexity index is 256. The molecule has 1 aliphatic heterocycles. The molecule has 16 heavy (non-hydrogen) atoms. The van der Waals surface area contributed by atoms with Crippen LogP contribution in [0.15, 0.2) is 0 Å². The van der Waals surface area contributed by atoms with Crippen molar-refractivity contribution in [3.8, 4) is 0 Å². The van der Waals surface area contributed by atoms with Crippen molar-refractivity contribution in [2.24, 2.45) is 0 Å². The van der Waals surface area contributed by atoms with Crippen LogP contribution in [0.4, 0.5) is 4.79 Å². The first-order valence-electron chi connectivity index (χ1n) is 5.96. The summed E-state index contributed by atoms with van der Waals surface area (Å²) in [5, 5.41) is 5.44. The quantitative estimate of drug-likeness (QED) is 0.695. The van der Waals surface area contributed by atoms with Gasteiger partial charge in [0.15, 0.2) is 0 Å². The number of rotatable bonds is 4. The van der Waals surface area contributed by atoms with Crippen LogP contribution in [0.5, 0.6) is 0 Å². The summed E-state index contributed by atoms with van der Waals surface area (Å²) >= 11 is 0. The number of urea groups is 1. The lowest BCUT2D eigenvalue weighted by molar-refractivity contribution is -0.124. The summed E-state index contributed by atoms with van der Waals surface area (Å²) in [7, 11) is 1.60. The first kappa shape index (κ1) is 12.8. The van der Waals surface area contributed by atoms with E-state index in [-0.39, 0.29) is 18.0 Å². The lowest BCUT2D eigenvalue weighted by Crippen LogP contribution is -2.49. The molecule has 1 heterocycles. The zero-order chi connectivity index (χ0) is 12.0. The van der Waals surface area contributed by atoms with Gasteiger partial charge in [-0.3, -0.25) is 4.79 Å². The van der Waals surface area contributed by atoms with Gasteiger partial charge in [0.25, 0.3) is 0 Å². The first-order chi connectivity index (χ1) is 7.70. The van der Waals surface area contributed by atoms with Crippen LogP contribution < -0.4 is 10.6 Å². The molecule has 5 heteroatoms. The van der Waals surface area contributed by atoms with Gasteiger partial charge in [-0.2, -0.15) is 0 Å². The van der Waals surface area contributed by atoms with E-state index in [0.717, 1.165) is 25.7 Å². The molecule has 1 aliphatic rings. The minimum absolute atomic E-state index is 0.0665. The molecule has 1 unspecified atom stereocenters. The Hall–Kier alpha value is -1.26. The third kappa shape index (κ3) is 3.12. The maximum absolute atomic E-state index is 11.8. The number of nitrogens with one attached hydrogen (secondary N) is 2. The highest BCUT2D eigenvalue weighted by molar-refractivity contribution is 5.87. The monoisotopic (exact) mass is 227 g/mol. The average Bonchev–Trinajstić information content (AvgIpc) is 2.77. The fraction of sp³-hybridized carbons (Fsp3) is 0.818. The Labute approximate surface area is 96.6 Å². The maximum atomic E-state index is 11.8. The van der Waals surface area contributed by atoms with Crippen LogP contribution in [0, 0.1) is 0 Å². The molecule has 0 aromatic rings. The summed E-state index contributed by atoms with van der Waals surface area (Å²) in [6.07, 6.45) is 3.70.